The van der Waals surface area contributed by atoms with Crippen molar-refractivity contribution < 1.29 is 23.0 Å². The number of aromatic nitrogens is 1. The first-order valence-corrected chi connectivity index (χ1v) is 33.1. The van der Waals surface area contributed by atoms with E-state index < -0.39 is 179 Å². The Labute approximate surface area is 649 Å². The third-order valence-corrected chi connectivity index (χ3v) is 20.7. The van der Waals surface area contributed by atoms with Crippen LogP contribution in [0.2, 0.25) is 0 Å². The Kier molecular flexibility index (Phi) is 35.1. The Morgan fingerprint density at radius 3 is 1.18 bits per heavy atom. The number of nitrogens with one attached hydrogen (secondary N) is 1. The second-order valence-electron chi connectivity index (χ2n) is 27.1. The minimum atomic E-state index is -1.47. The van der Waals surface area contributed by atoms with E-state index in [1.54, 1.807) is 26.4 Å². The van der Waals surface area contributed by atoms with Crippen molar-refractivity contribution in [2.75, 3.05) is 20.8 Å². The molecular formula is C34H30B59F2N2O3. The molecule has 1 N–H and O–H groups in total. The van der Waals surface area contributed by atoms with E-state index in [2.05, 4.69) is 34.1 Å². The zero-order valence-corrected chi connectivity index (χ0v) is 57.0. The second-order valence-corrected chi connectivity index (χ2v) is 27.1. The van der Waals surface area contributed by atoms with E-state index in [-0.39, 0.29) is 23.7 Å². The summed E-state index contributed by atoms with van der Waals surface area (Å²) in [6.45, 7) is 1.15. The predicted molar refractivity (Wildman–Crippen MR) is 493 cm³/mol. The molecule has 61 radical (unpaired) electrons. The van der Waals surface area contributed by atoms with Crippen molar-refractivity contribution in [3.8, 4) is 17.2 Å². The molecule has 4 aromatic carbocycles. The number of H-pyrrole nitrogens is 1. The summed E-state index contributed by atoms with van der Waals surface area (Å²) in [5.41, 5.74) is 7.81. The Balaban J connectivity index is 0.000000332. The summed E-state index contributed by atoms with van der Waals surface area (Å²) in [4.78, 5) is 6.21. The molecular weight excluding hydrogens is 1160 g/mol. The van der Waals surface area contributed by atoms with Crippen LogP contribution in [0, 0.1) is 11.6 Å². The molecule has 2 atom stereocenters. The zero-order valence-electron chi connectivity index (χ0n) is 57.0. The number of benzene rings is 4. The molecule has 385 valence electrons. The van der Waals surface area contributed by atoms with E-state index in [0.717, 1.165) is 59.9 Å². The molecule has 0 aliphatic carbocycles. The number of hydrogen-bond donors (Lipinski definition) is 1. The minimum Gasteiger partial charge on any atom is -0.497 e. The normalized spacial score (nSPS) is 13.1. The quantitative estimate of drug-likeness (QED) is 0.0417. The van der Waals surface area contributed by atoms with Crippen LogP contribution in [0.5, 0.6) is 17.2 Å². The smallest absolute Gasteiger partial charge is 0.161 e. The molecule has 100 heavy (non-hydrogen) atoms. The minimum absolute atomic E-state index is 0.0590. The maximum absolute atomic E-state index is 14.0. The first-order chi connectivity index (χ1) is 46.9. The van der Waals surface area contributed by atoms with Crippen molar-refractivity contribution in [3.63, 3.8) is 0 Å². The number of aromatic amines is 1. The fourth-order valence-electron chi connectivity index (χ4n) is 16.6. The highest BCUT2D eigenvalue weighted by atomic mass is 19.1. The van der Waals surface area contributed by atoms with E-state index in [0.29, 0.717) is 18.1 Å². The third kappa shape index (κ3) is 20.9. The van der Waals surface area contributed by atoms with Gasteiger partial charge in [0.25, 0.3) is 0 Å². The SMILES string of the molecule is COc1ccc2[nH]c3c(c2c1)CC1c2cc(OC)c(OCc4ccc(F)cc4)cc2CCN1C3c1ccc(F)cc1.[B][B]B([B])B(B(B([B])[B])B([B])[B])B(B(B(B([B])[B])B([B])[B])B(B([B])[B])B([B])[B])B(B(B(B([B])[B])B([B])[B])B(B([B])[B])B([B])[B])B(B(B([B])[B])B([B])[B])B(B([B])[B])B([B])[B]. The molecule has 0 amide bonds. The summed E-state index contributed by atoms with van der Waals surface area (Å²) in [7, 11) is 202. The van der Waals surface area contributed by atoms with Crippen molar-refractivity contribution in [2.45, 2.75) is 31.5 Å². The van der Waals surface area contributed by atoms with Gasteiger partial charge in [-0.2, -0.15) is 0 Å². The van der Waals surface area contributed by atoms with Crippen LogP contribution in [0.3, 0.4) is 0 Å². The van der Waals surface area contributed by atoms with Crippen LogP contribution in [-0.2, 0) is 19.4 Å². The van der Waals surface area contributed by atoms with E-state index in [4.69, 9.17) is 246 Å². The Morgan fingerprint density at radius 1 is 0.440 bits per heavy atom. The summed E-state index contributed by atoms with van der Waals surface area (Å²) in [5, 5.41) is 1.14. The number of nitrogens with zero attached hydrogens (tertiary/aromatic N) is 1. The highest BCUT2D eigenvalue weighted by Gasteiger charge is 2.62. The van der Waals surface area contributed by atoms with Gasteiger partial charge in [0.15, 0.2) is 11.5 Å². The molecule has 5 aromatic rings. The standard InChI is InChI=1S/C34H30F2N2O3.B59/c1-39-25-11-12-29-27(16-25)28-17-30-26-18-31(40-2)32(41-19-20-3-7-23(35)8-4-20)15-22(26)13-14-38(30)34(33(28)37-29)21-5-9-24(36)10-6-21;1-31-46(30)54(47(32(2)3)33(4)5)58(55(48(34(6)7)35(8)9)49(36(10)11)37(12)13)59(56(50(38(14)15)39(16)17)51(40(18)19)41(20)21)57(52(42(22)23)43(24)25)53(44(26)27)45(28)29/h3-12,15-16,18,30,34,37H,13-14,17,19H2,1-2H3;. The topological polar surface area (TPSA) is 46.7 Å². The second kappa shape index (κ2) is 39.7. The van der Waals surface area contributed by atoms with Gasteiger partial charge >= 0.3 is 0 Å². The molecule has 7 rings (SSSR count). The number of hydrogen-bond acceptors (Lipinski definition) is 4. The van der Waals surface area contributed by atoms with Crippen LogP contribution in [0.25, 0.3) is 10.9 Å². The number of fused-ring (bicyclic) bond motifs is 6. The number of halogens is 2. The van der Waals surface area contributed by atoms with Gasteiger partial charge in [-0.1, -0.05) is 24.3 Å². The molecule has 0 saturated heterocycles. The summed E-state index contributed by atoms with van der Waals surface area (Å²) in [6, 6.07) is 23.5. The van der Waals surface area contributed by atoms with Crippen molar-refractivity contribution in [2.24, 2.45) is 0 Å². The van der Waals surface area contributed by atoms with Crippen molar-refractivity contribution in [1.82, 2.24) is 9.88 Å². The van der Waals surface area contributed by atoms with Gasteiger partial charge in [0.1, 0.15) is 24.0 Å². The summed E-state index contributed by atoms with van der Waals surface area (Å²) < 4.78 is 44.9. The van der Waals surface area contributed by atoms with Crippen LogP contribution < -0.4 is 14.2 Å². The van der Waals surface area contributed by atoms with Gasteiger partial charge in [0.2, 0.25) is 0 Å². The van der Waals surface area contributed by atoms with Crippen LogP contribution in [0.1, 0.15) is 45.6 Å². The van der Waals surface area contributed by atoms with Crippen molar-refractivity contribution in [1.29, 1.82) is 0 Å². The number of methoxy groups -OCH3 is 2. The van der Waals surface area contributed by atoms with Crippen molar-refractivity contribution >= 4 is 429 Å². The molecule has 2 aliphatic rings. The van der Waals surface area contributed by atoms with Crippen LogP contribution in [0.4, 0.5) is 8.78 Å². The molecule has 0 fully saturated rings. The monoisotopic (exact) mass is 1200 g/mol. The van der Waals surface area contributed by atoms with Crippen LogP contribution in [0.15, 0.2) is 78.9 Å². The summed E-state index contributed by atoms with van der Waals surface area (Å²) >= 11 is 0. The lowest BCUT2D eigenvalue weighted by atomic mass is 8.23. The van der Waals surface area contributed by atoms with Gasteiger partial charge in [0.05, 0.1) is 20.3 Å². The highest BCUT2D eigenvalue weighted by Crippen LogP contribution is 2.50. The predicted octanol–water partition coefficient (Wildman–Crippen LogP) is -15.2. The number of ether oxygens (including phenoxy) is 3. The van der Waals surface area contributed by atoms with Gasteiger partial charge in [-0.3, -0.25) is 4.90 Å². The Hall–Kier alpha value is -0.529. The third-order valence-electron chi connectivity index (χ3n) is 20.7. The van der Waals surface area contributed by atoms with E-state index in [9.17, 15) is 8.78 Å². The molecule has 3 heterocycles. The summed E-state index contributed by atoms with van der Waals surface area (Å²) in [5.74, 6) is 1.64. The van der Waals surface area contributed by atoms with Gasteiger partial charge in [-0.15, -0.1) is 0 Å². The maximum atomic E-state index is 14.0. The maximum Gasteiger partial charge on any atom is 0.161 e. The molecule has 0 bridgehead atoms. The molecule has 0 saturated carbocycles. The molecule has 2 unspecified atom stereocenters. The van der Waals surface area contributed by atoms with Crippen molar-refractivity contribution in [3.05, 3.63) is 124 Å². The van der Waals surface area contributed by atoms with E-state index in [1.165, 1.54) is 41.0 Å². The first-order valence-electron chi connectivity index (χ1n) is 33.1. The average Bonchev–Trinajstić information content (AvgIpc) is 1.20. The van der Waals surface area contributed by atoms with Crippen LogP contribution >= 0.6 is 0 Å². The Bertz CT molecular complexity index is 3140. The molecule has 5 nitrogen and oxygen atoms in total. The molecule has 1 aromatic heterocycles. The fraction of sp³-hybridized carbons (Fsp3) is 0.235. The van der Waals surface area contributed by atoms with E-state index in [1.807, 2.05) is 18.2 Å². The van der Waals surface area contributed by atoms with E-state index >= 15 is 0 Å². The first kappa shape index (κ1) is 88.4. The lowest BCUT2D eigenvalue weighted by Gasteiger charge is -2.58. The van der Waals surface area contributed by atoms with Gasteiger partial charge in [-0.05, 0) is 95.3 Å². The zero-order chi connectivity index (χ0) is 75.0. The lowest BCUT2D eigenvalue weighted by Crippen LogP contribution is -2.97. The Morgan fingerprint density at radius 2 is 0.810 bits per heavy atom. The lowest BCUT2D eigenvalue weighted by molar-refractivity contribution is 0.127. The van der Waals surface area contributed by atoms with Crippen LogP contribution in [-0.4, -0.2) is 449 Å². The largest absolute Gasteiger partial charge is 0.497 e. The fourth-order valence-corrected chi connectivity index (χ4v) is 16.6. The molecule has 66 heteroatoms. The van der Waals surface area contributed by atoms with Gasteiger partial charge < -0.3 is 19.2 Å². The molecule has 2 aliphatic heterocycles. The van der Waals surface area contributed by atoms with Gasteiger partial charge in [0, 0.05) is 447 Å². The summed E-state index contributed by atoms with van der Waals surface area (Å²) in [6.07, 6.45) is -37.3. The number of rotatable bonds is 34. The molecule has 0 spiro atoms. The highest BCUT2D eigenvalue weighted by molar-refractivity contribution is 8.37. The van der Waals surface area contributed by atoms with Gasteiger partial charge in [-0.25, -0.2) is 8.78 Å². The average molecular weight is 1190 g/mol.